The van der Waals surface area contributed by atoms with Gasteiger partial charge in [0.1, 0.15) is 13.4 Å². The van der Waals surface area contributed by atoms with Crippen molar-refractivity contribution in [3.05, 3.63) is 48.0 Å². The van der Waals surface area contributed by atoms with Gasteiger partial charge in [0, 0.05) is 12.4 Å². The number of carbonyl (C=O) groups excluding carboxylic acids is 2. The van der Waals surface area contributed by atoms with Crippen LogP contribution in [0.4, 0.5) is 4.79 Å². The molecule has 1 amide bonds. The molecule has 0 aliphatic rings. The molecule has 1 atom stereocenters. The quantitative estimate of drug-likeness (QED) is 0.612. The van der Waals surface area contributed by atoms with Crippen molar-refractivity contribution in [3.8, 4) is 0 Å². The summed E-state index contributed by atoms with van der Waals surface area (Å²) < 4.78 is 12.1. The lowest BCUT2D eigenvalue weighted by Crippen LogP contribution is -2.49. The van der Waals surface area contributed by atoms with Crippen LogP contribution in [0.5, 0.6) is 0 Å². The number of ether oxygens (including phenoxy) is 2. The van der Waals surface area contributed by atoms with E-state index < -0.39 is 23.2 Å². The molecule has 2 radical (unpaired) electrons. The van der Waals surface area contributed by atoms with Crippen LogP contribution in [0, 0.1) is 0 Å². The molecule has 148 valence electrons. The van der Waals surface area contributed by atoms with E-state index in [1.54, 1.807) is 56.7 Å². The van der Waals surface area contributed by atoms with E-state index in [0.717, 1.165) is 5.56 Å². The van der Waals surface area contributed by atoms with Gasteiger partial charge in [0.25, 0.3) is 0 Å². The van der Waals surface area contributed by atoms with Gasteiger partial charge in [-0.1, -0.05) is 29.7 Å². The molecule has 1 heterocycles. The van der Waals surface area contributed by atoms with Crippen molar-refractivity contribution in [1.29, 1.82) is 0 Å². The van der Waals surface area contributed by atoms with Gasteiger partial charge in [-0.15, -0.1) is 0 Å². The van der Waals surface area contributed by atoms with Gasteiger partial charge in [0.15, 0.2) is 0 Å². The second-order valence-corrected chi connectivity index (χ2v) is 7.68. The van der Waals surface area contributed by atoms with Gasteiger partial charge < -0.3 is 19.4 Å². The van der Waals surface area contributed by atoms with E-state index in [1.165, 1.54) is 6.20 Å². The summed E-state index contributed by atoms with van der Waals surface area (Å²) in [7, 11) is 5.94. The number of imidazole rings is 1. The van der Waals surface area contributed by atoms with Crippen molar-refractivity contribution in [3.63, 3.8) is 0 Å². The summed E-state index contributed by atoms with van der Waals surface area (Å²) >= 11 is 0. The molecular weight excluding hydrogens is 357 g/mol. The minimum Gasteiger partial charge on any atom is -0.460 e. The molecular formula is C20H26BN3O4. The van der Waals surface area contributed by atoms with E-state index in [4.69, 9.17) is 17.3 Å². The lowest BCUT2D eigenvalue weighted by molar-refractivity contribution is 0.0447. The van der Waals surface area contributed by atoms with Gasteiger partial charge in [0.05, 0.1) is 18.7 Å². The van der Waals surface area contributed by atoms with Crippen molar-refractivity contribution < 1.29 is 19.1 Å². The first-order valence-corrected chi connectivity index (χ1v) is 9.09. The Kier molecular flexibility index (Phi) is 6.54. The molecule has 0 saturated heterocycles. The van der Waals surface area contributed by atoms with E-state index in [1.807, 2.05) is 13.0 Å². The summed E-state index contributed by atoms with van der Waals surface area (Å²) in [6.45, 7) is 9.41. The normalized spacial score (nSPS) is 13.5. The maximum Gasteiger partial charge on any atom is 0.408 e. The zero-order valence-corrected chi connectivity index (χ0v) is 17.0. The van der Waals surface area contributed by atoms with E-state index >= 15 is 0 Å². The van der Waals surface area contributed by atoms with Crippen molar-refractivity contribution in [2.24, 2.45) is 0 Å². The Morgan fingerprint density at radius 1 is 1.25 bits per heavy atom. The molecule has 1 N–H and O–H groups in total. The highest BCUT2D eigenvalue weighted by molar-refractivity contribution is 6.32. The lowest BCUT2D eigenvalue weighted by atomic mass is 9.86. The highest BCUT2D eigenvalue weighted by Crippen LogP contribution is 2.24. The standard InChI is InChI=1S/C20H26BN3O4/c1-6-27-17(25)16-22-10-11-24(16)13-20(5,14-8-7-9-15(21)12-14)23-18(26)28-19(2,3)4/h7-12H,6,13H2,1-5H3,(H,23,26). The minimum absolute atomic E-state index is 0.156. The molecule has 8 heteroatoms. The van der Waals surface area contributed by atoms with Crippen molar-refractivity contribution in [2.75, 3.05) is 6.61 Å². The van der Waals surface area contributed by atoms with Crippen LogP contribution in [0.25, 0.3) is 0 Å². The zero-order valence-electron chi connectivity index (χ0n) is 17.0. The number of rotatable bonds is 6. The molecule has 28 heavy (non-hydrogen) atoms. The molecule has 0 bridgehead atoms. The van der Waals surface area contributed by atoms with Crippen LogP contribution in [0.15, 0.2) is 36.7 Å². The Hall–Kier alpha value is -2.77. The monoisotopic (exact) mass is 383 g/mol. The second kappa shape index (κ2) is 8.50. The molecule has 2 aromatic rings. The van der Waals surface area contributed by atoms with E-state index in [-0.39, 0.29) is 19.0 Å². The summed E-state index contributed by atoms with van der Waals surface area (Å²) in [5, 5.41) is 2.91. The highest BCUT2D eigenvalue weighted by atomic mass is 16.6. The number of alkyl carbamates (subject to hydrolysis) is 1. The molecule has 2 rings (SSSR count). The van der Waals surface area contributed by atoms with Crippen LogP contribution >= 0.6 is 0 Å². The van der Waals surface area contributed by atoms with Crippen LogP contribution in [0.2, 0.25) is 0 Å². The minimum atomic E-state index is -0.917. The fourth-order valence-corrected chi connectivity index (χ4v) is 2.78. The number of amides is 1. The Bertz CT molecular complexity index is 844. The van der Waals surface area contributed by atoms with Crippen LogP contribution in [-0.2, 0) is 21.6 Å². The maximum absolute atomic E-state index is 12.5. The Morgan fingerprint density at radius 2 is 1.96 bits per heavy atom. The van der Waals surface area contributed by atoms with Gasteiger partial charge >= 0.3 is 12.1 Å². The molecule has 0 aliphatic carbocycles. The number of carbonyl (C=O) groups is 2. The maximum atomic E-state index is 12.5. The van der Waals surface area contributed by atoms with Gasteiger partial charge in [-0.25, -0.2) is 14.6 Å². The second-order valence-electron chi connectivity index (χ2n) is 7.68. The van der Waals surface area contributed by atoms with Gasteiger partial charge in [-0.05, 0) is 40.2 Å². The smallest absolute Gasteiger partial charge is 0.408 e. The third-order valence-electron chi connectivity index (χ3n) is 3.96. The van der Waals surface area contributed by atoms with E-state index in [2.05, 4.69) is 10.3 Å². The Labute approximate surface area is 166 Å². The van der Waals surface area contributed by atoms with E-state index in [0.29, 0.717) is 5.46 Å². The fraction of sp³-hybridized carbons (Fsp3) is 0.450. The number of nitrogens with zero attached hydrogens (tertiary/aromatic N) is 2. The van der Waals surface area contributed by atoms with Crippen molar-refractivity contribution >= 4 is 25.4 Å². The number of benzene rings is 1. The highest BCUT2D eigenvalue weighted by Gasteiger charge is 2.33. The Balaban J connectivity index is 2.38. The van der Waals surface area contributed by atoms with E-state index in [9.17, 15) is 9.59 Å². The van der Waals surface area contributed by atoms with Crippen molar-refractivity contribution in [1.82, 2.24) is 14.9 Å². The van der Waals surface area contributed by atoms with Crippen LogP contribution < -0.4 is 10.8 Å². The molecule has 7 nitrogen and oxygen atoms in total. The first-order chi connectivity index (χ1) is 13.0. The third-order valence-corrected chi connectivity index (χ3v) is 3.96. The predicted molar refractivity (Wildman–Crippen MR) is 107 cm³/mol. The summed E-state index contributed by atoms with van der Waals surface area (Å²) in [4.78, 5) is 28.8. The number of hydrogen-bond donors (Lipinski definition) is 1. The predicted octanol–water partition coefficient (Wildman–Crippen LogP) is 2.29. The summed E-state index contributed by atoms with van der Waals surface area (Å²) in [6, 6.07) is 7.20. The van der Waals surface area contributed by atoms with Crippen LogP contribution in [-0.4, -0.2) is 41.7 Å². The number of nitrogens with one attached hydrogen (secondary N) is 1. The topological polar surface area (TPSA) is 82.5 Å². The SMILES string of the molecule is [B]c1cccc(C(C)(Cn2ccnc2C(=O)OCC)NC(=O)OC(C)(C)C)c1. The zero-order chi connectivity index (χ0) is 20.9. The summed E-state index contributed by atoms with van der Waals surface area (Å²) in [6.07, 6.45) is 2.60. The largest absolute Gasteiger partial charge is 0.460 e. The third kappa shape index (κ3) is 5.61. The molecule has 0 saturated carbocycles. The van der Waals surface area contributed by atoms with Gasteiger partial charge in [-0.2, -0.15) is 0 Å². The molecule has 0 aliphatic heterocycles. The van der Waals surface area contributed by atoms with Crippen molar-refractivity contribution in [2.45, 2.75) is 52.3 Å². The van der Waals surface area contributed by atoms with Gasteiger partial charge in [0.2, 0.25) is 5.82 Å². The van der Waals surface area contributed by atoms with Gasteiger partial charge in [-0.3, -0.25) is 0 Å². The molecule has 0 fully saturated rings. The number of aromatic nitrogens is 2. The molecule has 1 aromatic heterocycles. The average Bonchev–Trinajstić information content (AvgIpc) is 3.01. The summed E-state index contributed by atoms with van der Waals surface area (Å²) in [5.41, 5.74) is -0.237. The molecule has 1 aromatic carbocycles. The lowest BCUT2D eigenvalue weighted by Gasteiger charge is -2.33. The summed E-state index contributed by atoms with van der Waals surface area (Å²) in [5.74, 6) is -0.373. The number of hydrogen-bond acceptors (Lipinski definition) is 5. The van der Waals surface area contributed by atoms with Crippen LogP contribution in [0.3, 0.4) is 0 Å². The fourth-order valence-electron chi connectivity index (χ4n) is 2.78. The Morgan fingerprint density at radius 3 is 2.57 bits per heavy atom. The van der Waals surface area contributed by atoms with Crippen LogP contribution in [0.1, 0.15) is 50.8 Å². The molecule has 0 spiro atoms. The first-order valence-electron chi connectivity index (χ1n) is 9.09. The average molecular weight is 383 g/mol. The number of esters is 1. The first kappa shape index (κ1) is 21.5. The molecule has 1 unspecified atom stereocenters.